The summed E-state index contributed by atoms with van der Waals surface area (Å²) in [6.45, 7) is 4.31. The molecule has 2 aliphatic carbocycles. The summed E-state index contributed by atoms with van der Waals surface area (Å²) in [6.07, 6.45) is 2.65. The summed E-state index contributed by atoms with van der Waals surface area (Å²) >= 11 is 0. The number of halogens is 2. The van der Waals surface area contributed by atoms with Gasteiger partial charge in [-0.05, 0) is 63.4 Å². The zero-order valence-corrected chi connectivity index (χ0v) is 30.5. The first-order valence-corrected chi connectivity index (χ1v) is 19.3. The van der Waals surface area contributed by atoms with E-state index in [2.05, 4.69) is 20.3 Å². The maximum absolute atomic E-state index is 14.4. The Balaban J connectivity index is 1.33. The van der Waals surface area contributed by atoms with Gasteiger partial charge in [0.05, 0.1) is 17.5 Å². The van der Waals surface area contributed by atoms with Crippen LogP contribution < -0.4 is 24.8 Å². The lowest BCUT2D eigenvalue weighted by Gasteiger charge is -2.32. The van der Waals surface area contributed by atoms with Crippen LogP contribution in [0, 0.1) is 17.8 Å². The molecule has 1 saturated heterocycles. The van der Waals surface area contributed by atoms with Gasteiger partial charge in [0.1, 0.15) is 36.1 Å². The van der Waals surface area contributed by atoms with Crippen molar-refractivity contribution in [3.05, 3.63) is 42.6 Å². The molecule has 7 atom stereocenters. The standard InChI is InChI=1S/C36H45F2N5O9S/c1-20-8-4-5-9-22-16-36(22,33(46)42-53(49,50)35(3)12-13-35)41-30(44)26-15-23(18-43(26)32(45)29(21(2)14-20)40-34(47)48)52-31-25-11-7-6-10-24(25)27(17-39-31)51-19-28(37)38/h5-7,9-11,17,20-23,26,28-29,40H,4,8,12-16,18-19H2,1-3H3,(H,41,44)(H,42,46)(H,47,48)/b9-5-/t20-,21-,22-,23-,26+,29+,36-/m1/s1. The Morgan fingerprint density at radius 3 is 2.55 bits per heavy atom. The van der Waals surface area contributed by atoms with Crippen molar-refractivity contribution < 1.29 is 51.0 Å². The van der Waals surface area contributed by atoms with E-state index in [-0.39, 0.29) is 36.9 Å². The summed E-state index contributed by atoms with van der Waals surface area (Å²) in [6, 6.07) is 4.24. The fraction of sp³-hybridized carbons (Fsp3) is 0.583. The molecule has 2 aliphatic heterocycles. The molecular weight excluding hydrogens is 716 g/mol. The van der Waals surface area contributed by atoms with Crippen molar-refractivity contribution in [3.63, 3.8) is 0 Å². The van der Waals surface area contributed by atoms with Crippen LogP contribution in [-0.2, 0) is 24.4 Å². The molecule has 17 heteroatoms. The monoisotopic (exact) mass is 761 g/mol. The van der Waals surface area contributed by atoms with E-state index < -0.39 is 87.2 Å². The van der Waals surface area contributed by atoms with Gasteiger partial charge in [0, 0.05) is 23.1 Å². The molecule has 1 aromatic carbocycles. The van der Waals surface area contributed by atoms with Crippen LogP contribution >= 0.6 is 0 Å². The lowest BCUT2D eigenvalue weighted by molar-refractivity contribution is -0.142. The third-order valence-electron chi connectivity index (χ3n) is 10.9. The Morgan fingerprint density at radius 2 is 1.87 bits per heavy atom. The van der Waals surface area contributed by atoms with Crippen LogP contribution in [0.3, 0.4) is 0 Å². The molecule has 0 bridgehead atoms. The molecule has 0 unspecified atom stereocenters. The number of ether oxygens (including phenoxy) is 2. The topological polar surface area (TPSA) is 193 Å². The second-order valence-corrected chi connectivity index (χ2v) is 17.3. The third-order valence-corrected chi connectivity index (χ3v) is 13.1. The molecule has 3 fully saturated rings. The zero-order valence-electron chi connectivity index (χ0n) is 29.7. The van der Waals surface area contributed by atoms with E-state index in [4.69, 9.17) is 9.47 Å². The number of hydrogen-bond donors (Lipinski definition) is 4. The Hall–Kier alpha value is -4.54. The molecule has 4 amide bonds. The average molecular weight is 762 g/mol. The lowest BCUT2D eigenvalue weighted by atomic mass is 9.88. The summed E-state index contributed by atoms with van der Waals surface area (Å²) < 4.78 is 64.7. The summed E-state index contributed by atoms with van der Waals surface area (Å²) in [5.74, 6) is -2.93. The summed E-state index contributed by atoms with van der Waals surface area (Å²) in [5, 5.41) is 15.8. The maximum Gasteiger partial charge on any atom is 0.405 e. The molecule has 4 aliphatic rings. The van der Waals surface area contributed by atoms with Crippen LogP contribution in [0.15, 0.2) is 42.6 Å². The highest BCUT2D eigenvalue weighted by atomic mass is 32.2. The van der Waals surface area contributed by atoms with E-state index >= 15 is 0 Å². The van der Waals surface area contributed by atoms with Crippen molar-refractivity contribution in [3.8, 4) is 11.6 Å². The molecule has 3 heterocycles. The molecule has 4 N–H and O–H groups in total. The Morgan fingerprint density at radius 1 is 1.15 bits per heavy atom. The predicted molar refractivity (Wildman–Crippen MR) is 188 cm³/mol. The van der Waals surface area contributed by atoms with Crippen molar-refractivity contribution in [2.45, 2.75) is 101 Å². The maximum atomic E-state index is 14.4. The second-order valence-electron chi connectivity index (χ2n) is 15.1. The van der Waals surface area contributed by atoms with Gasteiger partial charge in [-0.25, -0.2) is 27.0 Å². The fourth-order valence-electron chi connectivity index (χ4n) is 7.39. The zero-order chi connectivity index (χ0) is 38.3. The first-order chi connectivity index (χ1) is 25.0. The molecule has 14 nitrogen and oxygen atoms in total. The van der Waals surface area contributed by atoms with E-state index in [1.807, 2.05) is 19.1 Å². The van der Waals surface area contributed by atoms with Gasteiger partial charge in [-0.3, -0.25) is 19.1 Å². The lowest BCUT2D eigenvalue weighted by Crippen LogP contribution is -2.59. The quantitative estimate of drug-likeness (QED) is 0.274. The smallest absolute Gasteiger partial charge is 0.405 e. The number of aromatic nitrogens is 1. The minimum atomic E-state index is -4.04. The van der Waals surface area contributed by atoms with Gasteiger partial charge in [-0.2, -0.15) is 0 Å². The minimum absolute atomic E-state index is 0.0829. The number of carbonyl (C=O) groups excluding carboxylic acids is 3. The highest BCUT2D eigenvalue weighted by Gasteiger charge is 2.63. The second kappa shape index (κ2) is 14.7. The van der Waals surface area contributed by atoms with Gasteiger partial charge in [0.25, 0.3) is 12.3 Å². The van der Waals surface area contributed by atoms with Crippen LogP contribution in [-0.4, -0.2) is 95.3 Å². The van der Waals surface area contributed by atoms with Crippen molar-refractivity contribution in [2.24, 2.45) is 17.8 Å². The van der Waals surface area contributed by atoms with Gasteiger partial charge in [-0.1, -0.05) is 44.2 Å². The third kappa shape index (κ3) is 8.04. The summed E-state index contributed by atoms with van der Waals surface area (Å²) in [5.41, 5.74) is -1.59. The molecule has 0 radical (unpaired) electrons. The number of rotatable bonds is 9. The number of alkyl halides is 2. The summed E-state index contributed by atoms with van der Waals surface area (Å²) in [4.78, 5) is 59.9. The number of carbonyl (C=O) groups is 4. The van der Waals surface area contributed by atoms with Crippen LogP contribution in [0.1, 0.15) is 65.7 Å². The highest BCUT2D eigenvalue weighted by Crippen LogP contribution is 2.47. The number of sulfonamides is 1. The number of fused-ring (bicyclic) bond motifs is 3. The highest BCUT2D eigenvalue weighted by molar-refractivity contribution is 7.91. The fourth-order valence-corrected chi connectivity index (χ4v) is 8.70. The number of nitrogens with zero attached hydrogens (tertiary/aromatic N) is 2. The van der Waals surface area contributed by atoms with Gasteiger partial charge in [-0.15, -0.1) is 0 Å². The molecule has 2 saturated carbocycles. The first kappa shape index (κ1) is 38.2. The van der Waals surface area contributed by atoms with Crippen molar-refractivity contribution >= 4 is 44.6 Å². The van der Waals surface area contributed by atoms with E-state index in [9.17, 15) is 41.5 Å². The number of amides is 4. The minimum Gasteiger partial charge on any atom is -0.485 e. The van der Waals surface area contributed by atoms with Crippen molar-refractivity contribution in [1.82, 2.24) is 25.2 Å². The normalized spacial score (nSPS) is 30.6. The number of nitrogens with one attached hydrogen (secondary N) is 3. The molecule has 6 rings (SSSR count). The molecule has 2 aromatic rings. The average Bonchev–Trinajstić information content (AvgIpc) is 3.98. The van der Waals surface area contributed by atoms with Crippen molar-refractivity contribution in [2.75, 3.05) is 13.2 Å². The number of allylic oxidation sites excluding steroid dienone is 1. The SMILES string of the molecule is C[C@@H]1CC/C=C\[C@@H]2C[C@@]2(C(=O)NS(=O)(=O)C2(C)CC2)NC(=O)[C@@H]2C[C@@H](Oc3ncc(OCC(F)F)c4ccccc34)CN2C(=O)[C@@H](NC(=O)O)[C@H](C)C1. The molecule has 0 spiro atoms. The van der Waals surface area contributed by atoms with E-state index in [1.165, 1.54) is 11.1 Å². The van der Waals surface area contributed by atoms with E-state index in [0.29, 0.717) is 42.9 Å². The van der Waals surface area contributed by atoms with Gasteiger partial charge in [0.2, 0.25) is 27.7 Å². The Bertz CT molecular complexity index is 1910. The van der Waals surface area contributed by atoms with Gasteiger partial charge < -0.3 is 30.1 Å². The van der Waals surface area contributed by atoms with Crippen LogP contribution in [0.25, 0.3) is 10.8 Å². The predicted octanol–water partition coefficient (Wildman–Crippen LogP) is 3.75. The van der Waals surface area contributed by atoms with Gasteiger partial charge in [0.15, 0.2) is 0 Å². The number of benzene rings is 1. The van der Waals surface area contributed by atoms with Crippen LogP contribution in [0.4, 0.5) is 13.6 Å². The van der Waals surface area contributed by atoms with Crippen LogP contribution in [0.2, 0.25) is 0 Å². The first-order valence-electron chi connectivity index (χ1n) is 17.8. The summed E-state index contributed by atoms with van der Waals surface area (Å²) in [7, 11) is -4.04. The van der Waals surface area contributed by atoms with Crippen LogP contribution in [0.5, 0.6) is 11.6 Å². The Labute approximate surface area is 306 Å². The van der Waals surface area contributed by atoms with Crippen molar-refractivity contribution in [1.29, 1.82) is 0 Å². The number of hydrogen-bond acceptors (Lipinski definition) is 9. The number of pyridine rings is 1. The Kier molecular flexibility index (Phi) is 10.6. The molecule has 288 valence electrons. The molecule has 1 aromatic heterocycles. The van der Waals surface area contributed by atoms with Gasteiger partial charge >= 0.3 is 6.09 Å². The molecule has 53 heavy (non-hydrogen) atoms. The van der Waals surface area contributed by atoms with E-state index in [1.54, 1.807) is 38.1 Å². The molecular formula is C36H45F2N5O9S. The number of carboxylic acid groups (broad SMARTS) is 1. The van der Waals surface area contributed by atoms with E-state index in [0.717, 1.165) is 0 Å². The largest absolute Gasteiger partial charge is 0.485 e.